The molecule has 1 fully saturated rings. The van der Waals surface area contributed by atoms with E-state index in [4.69, 9.17) is 16.3 Å². The predicted molar refractivity (Wildman–Crippen MR) is 104 cm³/mol. The first-order valence-electron chi connectivity index (χ1n) is 7.32. The van der Waals surface area contributed by atoms with E-state index in [-0.39, 0.29) is 35.4 Å². The van der Waals surface area contributed by atoms with Gasteiger partial charge >= 0.3 is 0 Å². The van der Waals surface area contributed by atoms with Gasteiger partial charge in [-0.25, -0.2) is 0 Å². The highest BCUT2D eigenvalue weighted by Crippen LogP contribution is 2.47. The Morgan fingerprint density at radius 1 is 1.36 bits per heavy atom. The van der Waals surface area contributed by atoms with Crippen molar-refractivity contribution in [2.24, 2.45) is 4.99 Å². The van der Waals surface area contributed by atoms with Crippen LogP contribution in [0.25, 0.3) is 0 Å². The minimum absolute atomic E-state index is 0. The summed E-state index contributed by atoms with van der Waals surface area (Å²) in [5, 5.41) is 7.53. The van der Waals surface area contributed by atoms with Crippen LogP contribution in [0.4, 0.5) is 0 Å². The summed E-state index contributed by atoms with van der Waals surface area (Å²) < 4.78 is 5.13. The number of benzene rings is 1. The van der Waals surface area contributed by atoms with E-state index in [1.165, 1.54) is 18.4 Å². The van der Waals surface area contributed by atoms with Crippen LogP contribution >= 0.6 is 35.6 Å². The molecular formula is C16H25ClIN3O. The fourth-order valence-corrected chi connectivity index (χ4v) is 2.62. The van der Waals surface area contributed by atoms with Crippen LogP contribution < -0.4 is 10.6 Å². The molecule has 2 rings (SSSR count). The third kappa shape index (κ3) is 5.28. The van der Waals surface area contributed by atoms with Crippen LogP contribution in [0.5, 0.6) is 0 Å². The van der Waals surface area contributed by atoms with Crippen LogP contribution in [0.3, 0.4) is 0 Å². The van der Waals surface area contributed by atoms with Gasteiger partial charge in [-0.2, -0.15) is 0 Å². The number of hydrogen-bond donors (Lipinski definition) is 2. The standard InChI is InChI=1S/C16H24ClN3O.HI/c1-12(10-21-3)20-15(18-2)19-11-16(8-9-16)13-4-6-14(17)7-5-13;/h4-7,12H,8-11H2,1-3H3,(H2,18,19,20);1H. The quantitative estimate of drug-likeness (QED) is 0.408. The summed E-state index contributed by atoms with van der Waals surface area (Å²) in [5.74, 6) is 0.819. The number of halogens is 2. The van der Waals surface area contributed by atoms with E-state index in [1.54, 1.807) is 14.2 Å². The van der Waals surface area contributed by atoms with Crippen molar-refractivity contribution in [1.82, 2.24) is 10.6 Å². The van der Waals surface area contributed by atoms with E-state index in [9.17, 15) is 0 Å². The molecule has 0 heterocycles. The van der Waals surface area contributed by atoms with Gasteiger partial charge in [0.2, 0.25) is 0 Å². The minimum Gasteiger partial charge on any atom is -0.383 e. The molecule has 1 aromatic rings. The zero-order valence-corrected chi connectivity index (χ0v) is 16.4. The van der Waals surface area contributed by atoms with Crippen LogP contribution in [0.15, 0.2) is 29.3 Å². The lowest BCUT2D eigenvalue weighted by atomic mass is 9.96. The highest BCUT2D eigenvalue weighted by Gasteiger charge is 2.44. The summed E-state index contributed by atoms with van der Waals surface area (Å²) in [6, 6.07) is 8.41. The number of aliphatic imine (C=N–C) groups is 1. The second-order valence-corrected chi connectivity index (χ2v) is 6.15. The Labute approximate surface area is 155 Å². The van der Waals surface area contributed by atoms with E-state index in [1.807, 2.05) is 12.1 Å². The molecule has 22 heavy (non-hydrogen) atoms. The number of nitrogens with zero attached hydrogens (tertiary/aromatic N) is 1. The Morgan fingerprint density at radius 2 is 2.00 bits per heavy atom. The largest absolute Gasteiger partial charge is 0.383 e. The van der Waals surface area contributed by atoms with Crippen LogP contribution in [0, 0.1) is 0 Å². The van der Waals surface area contributed by atoms with Gasteiger partial charge in [0, 0.05) is 37.2 Å². The van der Waals surface area contributed by atoms with Crippen LogP contribution in [0.1, 0.15) is 25.3 Å². The molecule has 4 nitrogen and oxygen atoms in total. The maximum atomic E-state index is 5.96. The molecule has 1 aromatic carbocycles. The van der Waals surface area contributed by atoms with Gasteiger partial charge in [-0.05, 0) is 37.5 Å². The van der Waals surface area contributed by atoms with Crippen molar-refractivity contribution in [3.8, 4) is 0 Å². The van der Waals surface area contributed by atoms with Gasteiger partial charge in [0.1, 0.15) is 0 Å². The topological polar surface area (TPSA) is 45.7 Å². The van der Waals surface area contributed by atoms with Crippen molar-refractivity contribution in [2.75, 3.05) is 27.3 Å². The summed E-state index contributed by atoms with van der Waals surface area (Å²) in [6.45, 7) is 3.61. The molecule has 1 saturated carbocycles. The second-order valence-electron chi connectivity index (χ2n) is 5.71. The Kier molecular flexibility index (Phi) is 7.93. The molecule has 0 spiro atoms. The monoisotopic (exact) mass is 437 g/mol. The summed E-state index contributed by atoms with van der Waals surface area (Å²) in [7, 11) is 3.49. The zero-order valence-electron chi connectivity index (χ0n) is 13.4. The van der Waals surface area contributed by atoms with E-state index < -0.39 is 0 Å². The maximum Gasteiger partial charge on any atom is 0.191 e. The lowest BCUT2D eigenvalue weighted by molar-refractivity contribution is 0.179. The summed E-state index contributed by atoms with van der Waals surface area (Å²) in [6.07, 6.45) is 2.40. The van der Waals surface area contributed by atoms with Gasteiger partial charge in [-0.3, -0.25) is 4.99 Å². The van der Waals surface area contributed by atoms with Crippen molar-refractivity contribution in [3.05, 3.63) is 34.9 Å². The Morgan fingerprint density at radius 3 is 2.50 bits per heavy atom. The molecule has 1 aliphatic carbocycles. The Hall–Kier alpha value is -0.530. The molecule has 0 bridgehead atoms. The van der Waals surface area contributed by atoms with Gasteiger partial charge in [0.15, 0.2) is 5.96 Å². The molecule has 1 unspecified atom stereocenters. The van der Waals surface area contributed by atoms with Crippen molar-refractivity contribution < 1.29 is 4.74 Å². The molecule has 0 aliphatic heterocycles. The highest BCUT2D eigenvalue weighted by molar-refractivity contribution is 14.0. The lowest BCUT2D eigenvalue weighted by Gasteiger charge is -2.21. The van der Waals surface area contributed by atoms with E-state index >= 15 is 0 Å². The second kappa shape index (κ2) is 8.93. The molecule has 2 N–H and O–H groups in total. The maximum absolute atomic E-state index is 5.96. The van der Waals surface area contributed by atoms with Crippen molar-refractivity contribution >= 4 is 41.5 Å². The average molecular weight is 438 g/mol. The van der Waals surface area contributed by atoms with Crippen molar-refractivity contribution in [3.63, 3.8) is 0 Å². The molecule has 0 amide bonds. The molecule has 0 radical (unpaired) electrons. The molecule has 0 saturated heterocycles. The first-order chi connectivity index (χ1) is 10.1. The molecule has 6 heteroatoms. The number of ether oxygens (including phenoxy) is 1. The van der Waals surface area contributed by atoms with Gasteiger partial charge in [0.05, 0.1) is 6.61 Å². The zero-order chi connectivity index (χ0) is 15.3. The third-order valence-corrected chi connectivity index (χ3v) is 4.18. The van der Waals surface area contributed by atoms with E-state index in [0.717, 1.165) is 17.5 Å². The van der Waals surface area contributed by atoms with Gasteiger partial charge in [-0.1, -0.05) is 23.7 Å². The molecule has 1 aliphatic rings. The average Bonchev–Trinajstić information content (AvgIpc) is 3.25. The normalized spacial score (nSPS) is 17.4. The van der Waals surface area contributed by atoms with Gasteiger partial charge < -0.3 is 15.4 Å². The Balaban J connectivity index is 0.00000242. The van der Waals surface area contributed by atoms with Crippen LogP contribution in [-0.4, -0.2) is 39.3 Å². The molecular weight excluding hydrogens is 413 g/mol. The Bertz CT molecular complexity index is 489. The third-order valence-electron chi connectivity index (χ3n) is 3.93. The van der Waals surface area contributed by atoms with Crippen molar-refractivity contribution in [1.29, 1.82) is 0 Å². The minimum atomic E-state index is 0. The van der Waals surface area contributed by atoms with E-state index in [0.29, 0.717) is 6.61 Å². The fourth-order valence-electron chi connectivity index (χ4n) is 2.49. The van der Waals surface area contributed by atoms with Gasteiger partial charge in [0.25, 0.3) is 0 Å². The lowest BCUT2D eigenvalue weighted by Crippen LogP contribution is -2.46. The fraction of sp³-hybridized carbons (Fsp3) is 0.562. The van der Waals surface area contributed by atoms with Gasteiger partial charge in [-0.15, -0.1) is 24.0 Å². The number of methoxy groups -OCH3 is 1. The number of rotatable bonds is 6. The number of hydrogen-bond acceptors (Lipinski definition) is 2. The summed E-state index contributed by atoms with van der Waals surface area (Å²) in [4.78, 5) is 4.27. The molecule has 0 aromatic heterocycles. The predicted octanol–water partition coefficient (Wildman–Crippen LogP) is 3.19. The van der Waals surface area contributed by atoms with Crippen LogP contribution in [0.2, 0.25) is 5.02 Å². The molecule has 1 atom stereocenters. The van der Waals surface area contributed by atoms with Crippen molar-refractivity contribution in [2.45, 2.75) is 31.2 Å². The summed E-state index contributed by atoms with van der Waals surface area (Å²) in [5.41, 5.74) is 1.58. The molecule has 124 valence electrons. The smallest absolute Gasteiger partial charge is 0.191 e. The summed E-state index contributed by atoms with van der Waals surface area (Å²) >= 11 is 5.96. The number of guanidine groups is 1. The first kappa shape index (κ1) is 19.5. The SMILES string of the molecule is CN=C(NCC1(c2ccc(Cl)cc2)CC1)NC(C)COC.I. The highest BCUT2D eigenvalue weighted by atomic mass is 127. The van der Waals surface area contributed by atoms with Crippen LogP contribution in [-0.2, 0) is 10.2 Å². The first-order valence-corrected chi connectivity index (χ1v) is 7.69. The number of nitrogens with one attached hydrogen (secondary N) is 2. The van der Waals surface area contributed by atoms with E-state index in [2.05, 4.69) is 34.7 Å².